The van der Waals surface area contributed by atoms with Gasteiger partial charge in [-0.3, -0.25) is 29.4 Å². The summed E-state index contributed by atoms with van der Waals surface area (Å²) in [6.07, 6.45) is 10.9. The SMILES string of the molecule is C[C@@H]1CC2=C(Cc3ccccc32)[C@@H](c2cnc(N3CCC4(CCN(CCN5CCN(c6ccc7c(c6)CN(C6CCC(=O)NC6=O)C7=O)CC5=O)CC4)CC3)nc2)N1CC(C)(C)F. The van der Waals surface area contributed by atoms with Crippen molar-refractivity contribution >= 4 is 40.8 Å². The Morgan fingerprint density at radius 1 is 0.841 bits per heavy atom. The van der Waals surface area contributed by atoms with Gasteiger partial charge < -0.3 is 24.5 Å². The number of carbonyl (C=O) groups is 4. The lowest BCUT2D eigenvalue weighted by atomic mass is 9.71. The minimum atomic E-state index is -1.32. The fourth-order valence-electron chi connectivity index (χ4n) is 11.7. The van der Waals surface area contributed by atoms with Crippen molar-refractivity contribution in [1.29, 1.82) is 0 Å². The molecule has 13 nitrogen and oxygen atoms in total. The number of imide groups is 1. The van der Waals surface area contributed by atoms with Crippen LogP contribution < -0.4 is 15.1 Å². The molecule has 1 aliphatic carbocycles. The Balaban J connectivity index is 0.697. The summed E-state index contributed by atoms with van der Waals surface area (Å²) in [5.74, 6) is -0.0183. The molecule has 0 saturated carbocycles. The number of benzene rings is 2. The van der Waals surface area contributed by atoms with E-state index in [2.05, 4.69) is 56.1 Å². The zero-order valence-corrected chi connectivity index (χ0v) is 37.0. The van der Waals surface area contributed by atoms with Gasteiger partial charge in [0.1, 0.15) is 11.7 Å². The van der Waals surface area contributed by atoms with E-state index < -0.39 is 17.6 Å². The predicted octanol–water partition coefficient (Wildman–Crippen LogP) is 5.16. The molecule has 6 aliphatic heterocycles. The van der Waals surface area contributed by atoms with Gasteiger partial charge in [-0.1, -0.05) is 24.3 Å². The summed E-state index contributed by atoms with van der Waals surface area (Å²) in [5.41, 5.74) is 7.85. The lowest BCUT2D eigenvalue weighted by Gasteiger charge is -2.47. The van der Waals surface area contributed by atoms with E-state index >= 15 is 4.39 Å². The summed E-state index contributed by atoms with van der Waals surface area (Å²) in [7, 11) is 0. The van der Waals surface area contributed by atoms with E-state index in [1.54, 1.807) is 24.8 Å². The second kappa shape index (κ2) is 16.4. The molecule has 3 aromatic rings. The molecular formula is C49H60FN9O4. The molecule has 1 unspecified atom stereocenters. The van der Waals surface area contributed by atoms with Gasteiger partial charge in [-0.05, 0) is 130 Å². The van der Waals surface area contributed by atoms with Crippen LogP contribution in [0.4, 0.5) is 16.0 Å². The highest BCUT2D eigenvalue weighted by Crippen LogP contribution is 2.49. The molecule has 1 spiro atoms. The van der Waals surface area contributed by atoms with Crippen LogP contribution in [0.2, 0.25) is 0 Å². The van der Waals surface area contributed by atoms with E-state index in [0.717, 1.165) is 101 Å². The molecule has 2 aromatic carbocycles. The molecule has 1 aromatic heterocycles. The first-order valence-electron chi connectivity index (χ1n) is 23.2. The van der Waals surface area contributed by atoms with Crippen molar-refractivity contribution in [2.45, 2.75) is 102 Å². The number of amides is 4. The van der Waals surface area contributed by atoms with Gasteiger partial charge in [0.25, 0.3) is 5.91 Å². The van der Waals surface area contributed by atoms with Gasteiger partial charge in [-0.25, -0.2) is 14.4 Å². The maximum Gasteiger partial charge on any atom is 0.255 e. The highest BCUT2D eigenvalue weighted by Gasteiger charge is 2.43. The maximum atomic E-state index is 15.3. The minimum absolute atomic E-state index is 0.0507. The molecule has 4 saturated heterocycles. The summed E-state index contributed by atoms with van der Waals surface area (Å²) in [6.45, 7) is 13.4. The van der Waals surface area contributed by atoms with Crippen molar-refractivity contribution in [3.05, 3.63) is 88.2 Å². The van der Waals surface area contributed by atoms with Gasteiger partial charge >= 0.3 is 0 Å². The fraction of sp³-hybridized carbons (Fsp3) is 0.551. The van der Waals surface area contributed by atoms with E-state index in [0.29, 0.717) is 50.1 Å². The zero-order chi connectivity index (χ0) is 43.6. The summed E-state index contributed by atoms with van der Waals surface area (Å²) in [4.78, 5) is 73.5. The van der Waals surface area contributed by atoms with Crippen LogP contribution in [0.15, 0.2) is 60.4 Å². The van der Waals surface area contributed by atoms with Crippen molar-refractivity contribution < 1.29 is 23.6 Å². The van der Waals surface area contributed by atoms with Crippen molar-refractivity contribution in [1.82, 2.24) is 34.9 Å². The molecule has 7 heterocycles. The predicted molar refractivity (Wildman–Crippen MR) is 239 cm³/mol. The summed E-state index contributed by atoms with van der Waals surface area (Å²) >= 11 is 0. The number of alkyl halides is 1. The number of aromatic nitrogens is 2. The Bertz CT molecular complexity index is 2330. The molecule has 63 heavy (non-hydrogen) atoms. The summed E-state index contributed by atoms with van der Waals surface area (Å²) in [5, 5.41) is 2.36. The normalized spacial score (nSPS) is 25.5. The average Bonchev–Trinajstić information content (AvgIpc) is 3.80. The van der Waals surface area contributed by atoms with Gasteiger partial charge in [-0.2, -0.15) is 0 Å². The highest BCUT2D eigenvalue weighted by atomic mass is 19.1. The smallest absolute Gasteiger partial charge is 0.255 e. The Morgan fingerprint density at radius 3 is 2.32 bits per heavy atom. The monoisotopic (exact) mass is 857 g/mol. The maximum absolute atomic E-state index is 15.3. The first-order chi connectivity index (χ1) is 30.3. The number of piperidine rings is 3. The Hall–Kier alpha value is -5.21. The highest BCUT2D eigenvalue weighted by molar-refractivity contribution is 6.05. The largest absolute Gasteiger partial charge is 0.360 e. The molecule has 0 radical (unpaired) electrons. The topological polar surface area (TPSA) is 126 Å². The number of likely N-dealkylation sites (tertiary alicyclic amines) is 1. The van der Waals surface area contributed by atoms with Crippen LogP contribution in [0.1, 0.15) is 104 Å². The number of hydrogen-bond donors (Lipinski definition) is 1. The standard InChI is InChI=1S/C49H60FN9O4/c1-32-24-39-37-7-5-4-6-33(37)26-40(39)44(59(32)31-48(2,3)50)35-27-51-47(52-28-35)56-18-14-49(15-19-56)12-16-54(17-13-49)20-21-55-22-23-57(30-43(55)61)36-8-9-38-34(25-36)29-58(46(38)63)41-10-11-42(60)53-45(41)62/h4-9,25,27-28,32,41,44H,10-24,26,29-31H2,1-3H3,(H,53,60,62)/t32-,41?,44-/m1/s1. The molecule has 14 heteroatoms. The lowest BCUT2D eigenvalue weighted by molar-refractivity contribution is -0.137. The molecular weight excluding hydrogens is 798 g/mol. The number of hydrogen-bond acceptors (Lipinski definition) is 10. The van der Waals surface area contributed by atoms with Gasteiger partial charge in [0, 0.05) is 94.0 Å². The van der Waals surface area contributed by atoms with E-state index in [1.807, 2.05) is 29.4 Å². The van der Waals surface area contributed by atoms with Crippen LogP contribution in [-0.4, -0.2) is 136 Å². The van der Waals surface area contributed by atoms with E-state index in [4.69, 9.17) is 9.97 Å². The van der Waals surface area contributed by atoms with Crippen molar-refractivity contribution in [3.8, 4) is 0 Å². The fourth-order valence-corrected chi connectivity index (χ4v) is 11.7. The Kier molecular flexibility index (Phi) is 10.9. The summed E-state index contributed by atoms with van der Waals surface area (Å²) in [6, 6.07) is 13.9. The van der Waals surface area contributed by atoms with Crippen LogP contribution in [0, 0.1) is 5.41 Å². The van der Waals surface area contributed by atoms with Crippen molar-refractivity contribution in [2.24, 2.45) is 5.41 Å². The van der Waals surface area contributed by atoms with E-state index in [1.165, 1.54) is 22.3 Å². The third-order valence-corrected chi connectivity index (χ3v) is 15.3. The third kappa shape index (κ3) is 8.13. The van der Waals surface area contributed by atoms with Gasteiger partial charge in [0.05, 0.1) is 12.6 Å². The number of nitrogens with one attached hydrogen (secondary N) is 1. The first kappa shape index (κ1) is 41.8. The Morgan fingerprint density at radius 2 is 1.59 bits per heavy atom. The quantitative estimate of drug-likeness (QED) is 0.289. The zero-order valence-electron chi connectivity index (χ0n) is 37.0. The molecule has 1 N–H and O–H groups in total. The van der Waals surface area contributed by atoms with Crippen LogP contribution in [0.5, 0.6) is 0 Å². The van der Waals surface area contributed by atoms with E-state index in [-0.39, 0.29) is 36.2 Å². The average molecular weight is 858 g/mol. The first-order valence-corrected chi connectivity index (χ1v) is 23.2. The number of nitrogens with zero attached hydrogens (tertiary/aromatic N) is 8. The van der Waals surface area contributed by atoms with Crippen LogP contribution >= 0.6 is 0 Å². The number of halogens is 1. The van der Waals surface area contributed by atoms with Crippen molar-refractivity contribution in [3.63, 3.8) is 0 Å². The second-order valence-corrected chi connectivity index (χ2v) is 19.9. The number of piperazine rings is 1. The second-order valence-electron chi connectivity index (χ2n) is 19.9. The van der Waals surface area contributed by atoms with Gasteiger partial charge in [-0.15, -0.1) is 0 Å². The van der Waals surface area contributed by atoms with Gasteiger partial charge in [0.2, 0.25) is 23.7 Å². The third-order valence-electron chi connectivity index (χ3n) is 15.3. The molecule has 4 amide bonds. The van der Waals surface area contributed by atoms with Crippen LogP contribution in [0.3, 0.4) is 0 Å². The molecule has 332 valence electrons. The number of carbonyl (C=O) groups excluding carboxylic acids is 4. The molecule has 10 rings (SSSR count). The molecule has 0 bridgehead atoms. The minimum Gasteiger partial charge on any atom is -0.360 e. The van der Waals surface area contributed by atoms with Crippen LogP contribution in [-0.2, 0) is 27.3 Å². The number of rotatable bonds is 9. The molecule has 3 atom stereocenters. The van der Waals surface area contributed by atoms with E-state index in [9.17, 15) is 19.2 Å². The molecule has 7 aliphatic rings. The number of anilines is 2. The van der Waals surface area contributed by atoms with Crippen molar-refractivity contribution in [2.75, 3.05) is 75.2 Å². The number of fused-ring (bicyclic) bond motifs is 3. The van der Waals surface area contributed by atoms with Gasteiger partial charge in [0.15, 0.2) is 0 Å². The van der Waals surface area contributed by atoms with Crippen LogP contribution in [0.25, 0.3) is 5.57 Å². The molecule has 4 fully saturated rings. The Labute approximate surface area is 369 Å². The summed E-state index contributed by atoms with van der Waals surface area (Å²) < 4.78 is 15.3. The lowest BCUT2D eigenvalue weighted by Crippen LogP contribution is -2.53.